The first-order chi connectivity index (χ1) is 11.1. The van der Waals surface area contributed by atoms with Crippen LogP contribution in [-0.4, -0.2) is 29.9 Å². The number of amides is 1. The highest BCUT2D eigenvalue weighted by molar-refractivity contribution is 6.36. The van der Waals surface area contributed by atoms with Gasteiger partial charge in [-0.3, -0.25) is 9.69 Å². The molecule has 0 spiro atoms. The number of carbonyl (C=O) groups is 1. The lowest BCUT2D eigenvalue weighted by molar-refractivity contribution is -0.125. The zero-order valence-electron chi connectivity index (χ0n) is 12.9. The van der Waals surface area contributed by atoms with Gasteiger partial charge in [0.25, 0.3) is 0 Å². The molecule has 1 aliphatic rings. The van der Waals surface area contributed by atoms with Gasteiger partial charge in [-0.15, -0.1) is 0 Å². The average Bonchev–Trinajstić information content (AvgIpc) is 2.54. The van der Waals surface area contributed by atoms with Gasteiger partial charge in [0, 0.05) is 24.7 Å². The van der Waals surface area contributed by atoms with Gasteiger partial charge < -0.3 is 4.90 Å². The number of piperazine rings is 1. The molecule has 1 aliphatic heterocycles. The molecule has 1 heterocycles. The molecule has 0 aliphatic carbocycles. The van der Waals surface area contributed by atoms with Gasteiger partial charge in [-0.05, 0) is 30.7 Å². The monoisotopic (exact) mass is 348 g/mol. The van der Waals surface area contributed by atoms with Crippen molar-refractivity contribution in [1.82, 2.24) is 4.90 Å². The Hall–Kier alpha value is -1.55. The molecule has 120 valence electrons. The van der Waals surface area contributed by atoms with Gasteiger partial charge in [-0.25, -0.2) is 0 Å². The van der Waals surface area contributed by atoms with E-state index in [0.717, 1.165) is 18.8 Å². The molecule has 0 aromatic heterocycles. The summed E-state index contributed by atoms with van der Waals surface area (Å²) in [5.74, 6) is 0.0661. The number of benzene rings is 2. The summed E-state index contributed by atoms with van der Waals surface area (Å²) < 4.78 is 0. The highest BCUT2D eigenvalue weighted by Crippen LogP contribution is 2.31. The van der Waals surface area contributed by atoms with Crippen LogP contribution in [0.15, 0.2) is 48.5 Å². The Kier molecular flexibility index (Phi) is 4.90. The molecule has 3 rings (SSSR count). The maximum Gasteiger partial charge on any atom is 0.244 e. The van der Waals surface area contributed by atoms with Gasteiger partial charge in [0.2, 0.25) is 5.91 Å². The van der Waals surface area contributed by atoms with Crippen LogP contribution in [0.3, 0.4) is 0 Å². The molecule has 2 aromatic rings. The highest BCUT2D eigenvalue weighted by Gasteiger charge is 2.32. The lowest BCUT2D eigenvalue weighted by atomic mass is 10.1. The number of hydrogen-bond acceptors (Lipinski definition) is 2. The fourth-order valence-electron chi connectivity index (χ4n) is 2.89. The molecular weight excluding hydrogens is 331 g/mol. The summed E-state index contributed by atoms with van der Waals surface area (Å²) in [6.07, 6.45) is 0. The highest BCUT2D eigenvalue weighted by atomic mass is 35.5. The Morgan fingerprint density at radius 1 is 1.09 bits per heavy atom. The second kappa shape index (κ2) is 6.91. The van der Waals surface area contributed by atoms with Crippen LogP contribution in [0.1, 0.15) is 12.5 Å². The quantitative estimate of drug-likeness (QED) is 0.828. The van der Waals surface area contributed by atoms with Crippen LogP contribution in [-0.2, 0) is 11.3 Å². The Morgan fingerprint density at radius 2 is 1.83 bits per heavy atom. The van der Waals surface area contributed by atoms with E-state index in [4.69, 9.17) is 23.2 Å². The fourth-order valence-corrected chi connectivity index (χ4v) is 3.40. The van der Waals surface area contributed by atoms with Crippen LogP contribution in [0.25, 0.3) is 0 Å². The van der Waals surface area contributed by atoms with E-state index in [9.17, 15) is 4.79 Å². The first-order valence-corrected chi connectivity index (χ1v) is 8.36. The van der Waals surface area contributed by atoms with Crippen LogP contribution in [0.2, 0.25) is 10.0 Å². The van der Waals surface area contributed by atoms with Crippen molar-refractivity contribution >= 4 is 34.8 Å². The molecule has 2 aromatic carbocycles. The van der Waals surface area contributed by atoms with Crippen LogP contribution < -0.4 is 4.90 Å². The molecule has 1 fully saturated rings. The topological polar surface area (TPSA) is 23.6 Å². The van der Waals surface area contributed by atoms with E-state index >= 15 is 0 Å². The third-order valence-electron chi connectivity index (χ3n) is 4.21. The maximum atomic E-state index is 12.8. The van der Waals surface area contributed by atoms with E-state index < -0.39 is 0 Å². The van der Waals surface area contributed by atoms with E-state index in [2.05, 4.69) is 17.0 Å². The molecule has 23 heavy (non-hydrogen) atoms. The lowest BCUT2D eigenvalue weighted by Crippen LogP contribution is -2.55. The van der Waals surface area contributed by atoms with Crippen molar-refractivity contribution in [3.05, 3.63) is 64.1 Å². The number of anilines is 1. The predicted octanol–water partition coefficient (Wildman–Crippen LogP) is 4.23. The van der Waals surface area contributed by atoms with Crippen molar-refractivity contribution in [2.75, 3.05) is 18.0 Å². The molecule has 1 atom stereocenters. The Morgan fingerprint density at radius 3 is 2.52 bits per heavy atom. The zero-order valence-corrected chi connectivity index (χ0v) is 14.4. The van der Waals surface area contributed by atoms with Crippen molar-refractivity contribution in [2.24, 2.45) is 0 Å². The molecule has 0 saturated carbocycles. The van der Waals surface area contributed by atoms with E-state index in [-0.39, 0.29) is 11.9 Å². The average molecular weight is 349 g/mol. The second-order valence-corrected chi connectivity index (χ2v) is 6.56. The molecule has 5 heteroatoms. The minimum atomic E-state index is -0.185. The van der Waals surface area contributed by atoms with Gasteiger partial charge in [-0.1, -0.05) is 53.5 Å². The first-order valence-electron chi connectivity index (χ1n) is 7.60. The number of carbonyl (C=O) groups excluding carboxylic acids is 1. The molecule has 0 N–H and O–H groups in total. The second-order valence-electron chi connectivity index (χ2n) is 5.72. The third kappa shape index (κ3) is 3.52. The Labute approximate surface area is 146 Å². The SMILES string of the molecule is C[C@@H]1C(=O)N(c2ccc(Cl)cc2Cl)CCN1Cc1ccccc1. The van der Waals surface area contributed by atoms with Crippen LogP contribution in [0.5, 0.6) is 0 Å². The third-order valence-corrected chi connectivity index (χ3v) is 4.75. The number of nitrogens with zero attached hydrogens (tertiary/aromatic N) is 2. The summed E-state index contributed by atoms with van der Waals surface area (Å²) in [6.45, 7) is 4.15. The van der Waals surface area contributed by atoms with Gasteiger partial charge in [0.05, 0.1) is 16.8 Å². The van der Waals surface area contributed by atoms with Gasteiger partial charge >= 0.3 is 0 Å². The van der Waals surface area contributed by atoms with Gasteiger partial charge in [0.15, 0.2) is 0 Å². The summed E-state index contributed by atoms with van der Waals surface area (Å²) in [6, 6.07) is 15.3. The van der Waals surface area contributed by atoms with E-state index in [1.165, 1.54) is 5.56 Å². The number of hydrogen-bond donors (Lipinski definition) is 0. The van der Waals surface area contributed by atoms with Crippen molar-refractivity contribution in [3.8, 4) is 0 Å². The smallest absolute Gasteiger partial charge is 0.244 e. The Bertz CT molecular complexity index is 705. The molecular formula is C18H18Cl2N2O. The molecule has 3 nitrogen and oxygen atoms in total. The van der Waals surface area contributed by atoms with Crippen molar-refractivity contribution in [2.45, 2.75) is 19.5 Å². The summed E-state index contributed by atoms with van der Waals surface area (Å²) in [5.41, 5.74) is 1.94. The number of rotatable bonds is 3. The maximum absolute atomic E-state index is 12.8. The van der Waals surface area contributed by atoms with E-state index in [1.807, 2.05) is 31.2 Å². The minimum absolute atomic E-state index is 0.0661. The molecule has 0 radical (unpaired) electrons. The van der Waals surface area contributed by atoms with Crippen LogP contribution in [0.4, 0.5) is 5.69 Å². The zero-order chi connectivity index (χ0) is 16.4. The van der Waals surface area contributed by atoms with Crippen LogP contribution in [0, 0.1) is 0 Å². The summed E-state index contributed by atoms with van der Waals surface area (Å²) in [4.78, 5) is 16.7. The van der Waals surface area contributed by atoms with Crippen molar-refractivity contribution in [3.63, 3.8) is 0 Å². The molecule has 1 amide bonds. The Balaban J connectivity index is 1.76. The van der Waals surface area contributed by atoms with E-state index in [1.54, 1.807) is 17.0 Å². The van der Waals surface area contributed by atoms with Crippen LogP contribution >= 0.6 is 23.2 Å². The first kappa shape index (κ1) is 16.3. The van der Waals surface area contributed by atoms with Crippen molar-refractivity contribution < 1.29 is 4.79 Å². The van der Waals surface area contributed by atoms with Gasteiger partial charge in [0.1, 0.15) is 0 Å². The number of halogens is 2. The summed E-state index contributed by atoms with van der Waals surface area (Å²) >= 11 is 12.2. The normalized spacial score (nSPS) is 19.2. The minimum Gasteiger partial charge on any atom is -0.308 e. The van der Waals surface area contributed by atoms with Gasteiger partial charge in [-0.2, -0.15) is 0 Å². The van der Waals surface area contributed by atoms with Crippen molar-refractivity contribution in [1.29, 1.82) is 0 Å². The predicted molar refractivity (Wildman–Crippen MR) is 95.1 cm³/mol. The summed E-state index contributed by atoms with van der Waals surface area (Å²) in [5, 5.41) is 1.08. The van der Waals surface area contributed by atoms with E-state index in [0.29, 0.717) is 16.6 Å². The lowest BCUT2D eigenvalue weighted by Gasteiger charge is -2.39. The fraction of sp³-hybridized carbons (Fsp3) is 0.278. The molecule has 0 bridgehead atoms. The summed E-state index contributed by atoms with van der Waals surface area (Å²) in [7, 11) is 0. The molecule has 1 saturated heterocycles. The largest absolute Gasteiger partial charge is 0.308 e. The molecule has 0 unspecified atom stereocenters. The standard InChI is InChI=1S/C18H18Cl2N2O/c1-13-18(23)22(17-8-7-15(19)11-16(17)20)10-9-21(13)12-14-5-3-2-4-6-14/h2-8,11,13H,9-10,12H2,1H3/t13-/m1/s1.